The summed E-state index contributed by atoms with van der Waals surface area (Å²) in [5.41, 5.74) is -0.0116. The van der Waals surface area contributed by atoms with Crippen molar-refractivity contribution in [3.8, 4) is 5.75 Å². The second-order valence-corrected chi connectivity index (χ2v) is 6.38. The van der Waals surface area contributed by atoms with Gasteiger partial charge < -0.3 is 10.1 Å². The van der Waals surface area contributed by atoms with Crippen molar-refractivity contribution in [3.63, 3.8) is 0 Å². The van der Waals surface area contributed by atoms with Crippen LogP contribution >= 0.6 is 15.9 Å². The first kappa shape index (κ1) is 20.9. The minimum absolute atomic E-state index is 0.0253. The number of hydrogen-bond acceptors (Lipinski definition) is 8. The Morgan fingerprint density at radius 3 is 2.36 bits per heavy atom. The van der Waals surface area contributed by atoms with Gasteiger partial charge >= 0.3 is 5.69 Å². The Hall–Kier alpha value is -3.41. The van der Waals surface area contributed by atoms with Crippen LogP contribution in [0, 0.1) is 27.2 Å². The van der Waals surface area contributed by atoms with Gasteiger partial charge in [0.2, 0.25) is 5.91 Å². The van der Waals surface area contributed by atoms with Crippen molar-refractivity contribution in [2.45, 2.75) is 13.8 Å². The number of azo groups is 1. The van der Waals surface area contributed by atoms with Gasteiger partial charge in [-0.15, -0.1) is 10.2 Å². The van der Waals surface area contributed by atoms with E-state index >= 15 is 0 Å². The molecule has 0 fully saturated rings. The van der Waals surface area contributed by atoms with Crippen LogP contribution in [-0.4, -0.2) is 22.9 Å². The zero-order valence-corrected chi connectivity index (χ0v) is 16.5. The van der Waals surface area contributed by atoms with Gasteiger partial charge in [0.1, 0.15) is 11.4 Å². The second kappa shape index (κ2) is 8.52. The molecule has 0 saturated carbocycles. The number of rotatable bonds is 6. The lowest BCUT2D eigenvalue weighted by Crippen LogP contribution is -2.06. The molecule has 2 rings (SSSR count). The third kappa shape index (κ3) is 4.65. The number of benzene rings is 2. The normalized spacial score (nSPS) is 10.7. The summed E-state index contributed by atoms with van der Waals surface area (Å²) in [5, 5.41) is 32.7. The highest BCUT2D eigenvalue weighted by Crippen LogP contribution is 2.41. The molecule has 0 bridgehead atoms. The summed E-state index contributed by atoms with van der Waals surface area (Å²) in [6.07, 6.45) is 0. The molecule has 1 N–H and O–H groups in total. The van der Waals surface area contributed by atoms with Crippen molar-refractivity contribution >= 4 is 50.3 Å². The Morgan fingerprint density at radius 2 is 1.82 bits per heavy atom. The summed E-state index contributed by atoms with van der Waals surface area (Å²) in [4.78, 5) is 32.1. The van der Waals surface area contributed by atoms with E-state index in [1.54, 1.807) is 13.0 Å². The monoisotopic (exact) mass is 451 g/mol. The number of nitrogens with zero attached hydrogens (tertiary/aromatic N) is 4. The molecule has 0 aliphatic heterocycles. The van der Waals surface area contributed by atoms with Crippen LogP contribution in [0.3, 0.4) is 0 Å². The molecular weight excluding hydrogens is 438 g/mol. The highest BCUT2D eigenvalue weighted by Gasteiger charge is 2.23. The summed E-state index contributed by atoms with van der Waals surface area (Å²) in [6.45, 7) is 3.08. The predicted octanol–water partition coefficient (Wildman–Crippen LogP) is 4.96. The molecule has 0 aliphatic rings. The lowest BCUT2D eigenvalue weighted by Gasteiger charge is -2.11. The van der Waals surface area contributed by atoms with Gasteiger partial charge in [-0.1, -0.05) is 0 Å². The summed E-state index contributed by atoms with van der Waals surface area (Å²) < 4.78 is 5.24. The van der Waals surface area contributed by atoms with E-state index in [0.29, 0.717) is 11.4 Å². The van der Waals surface area contributed by atoms with Gasteiger partial charge in [-0.3, -0.25) is 25.0 Å². The molecule has 2 aromatic carbocycles. The largest absolute Gasteiger partial charge is 0.496 e. The Kier molecular flexibility index (Phi) is 6.36. The molecular formula is C16H14BrN5O6. The number of ether oxygens (including phenoxy) is 1. The van der Waals surface area contributed by atoms with E-state index < -0.39 is 21.2 Å². The van der Waals surface area contributed by atoms with Crippen molar-refractivity contribution in [1.29, 1.82) is 0 Å². The lowest BCUT2D eigenvalue weighted by molar-refractivity contribution is -0.393. The molecule has 0 spiro atoms. The van der Waals surface area contributed by atoms with Crippen LogP contribution in [0.1, 0.15) is 12.5 Å². The third-order valence-corrected chi connectivity index (χ3v) is 4.12. The predicted molar refractivity (Wildman–Crippen MR) is 104 cm³/mol. The van der Waals surface area contributed by atoms with Crippen LogP contribution in [-0.2, 0) is 4.79 Å². The molecule has 0 radical (unpaired) electrons. The Balaban J connectivity index is 2.60. The fourth-order valence-electron chi connectivity index (χ4n) is 2.29. The number of aryl methyl sites for hydroxylation is 1. The molecule has 28 heavy (non-hydrogen) atoms. The average molecular weight is 452 g/mol. The number of carbonyl (C=O) groups excluding carboxylic acids is 1. The summed E-state index contributed by atoms with van der Waals surface area (Å²) in [6, 6.07) is 5.01. The first-order valence-electron chi connectivity index (χ1n) is 7.64. The highest BCUT2D eigenvalue weighted by molar-refractivity contribution is 9.10. The smallest absolute Gasteiger partial charge is 0.304 e. The number of methoxy groups -OCH3 is 1. The second-order valence-electron chi connectivity index (χ2n) is 5.53. The van der Waals surface area contributed by atoms with Crippen molar-refractivity contribution in [2.75, 3.05) is 12.4 Å². The van der Waals surface area contributed by atoms with Crippen LogP contribution in [0.5, 0.6) is 5.75 Å². The number of anilines is 1. The minimum atomic E-state index is -0.795. The fraction of sp³-hybridized carbons (Fsp3) is 0.188. The minimum Gasteiger partial charge on any atom is -0.496 e. The summed E-state index contributed by atoms with van der Waals surface area (Å²) >= 11 is 3.05. The summed E-state index contributed by atoms with van der Waals surface area (Å²) in [5.74, 6) is 0.129. The number of nitro benzene ring substituents is 2. The quantitative estimate of drug-likeness (QED) is 0.372. The first-order chi connectivity index (χ1) is 13.1. The van der Waals surface area contributed by atoms with E-state index in [1.807, 2.05) is 0 Å². The van der Waals surface area contributed by atoms with E-state index in [0.717, 1.165) is 17.7 Å². The number of amides is 1. The standard InChI is InChI=1S/C16H14BrN5O6/c1-8-4-12(18-9(2)23)13(7-15(8)28-3)19-20-16-11(17)5-10(21(24)25)6-14(16)22(26)27/h4-7H,1-3H3,(H,18,23). The van der Waals surface area contributed by atoms with Crippen LogP contribution in [0.4, 0.5) is 28.4 Å². The molecule has 11 nitrogen and oxygen atoms in total. The zero-order valence-electron chi connectivity index (χ0n) is 14.9. The molecule has 0 heterocycles. The van der Waals surface area contributed by atoms with Crippen molar-refractivity contribution in [3.05, 3.63) is 54.5 Å². The van der Waals surface area contributed by atoms with Gasteiger partial charge in [-0.2, -0.15) is 0 Å². The van der Waals surface area contributed by atoms with Gasteiger partial charge in [-0.25, -0.2) is 0 Å². The Bertz CT molecular complexity index is 1010. The summed E-state index contributed by atoms with van der Waals surface area (Å²) in [7, 11) is 1.46. The van der Waals surface area contributed by atoms with Crippen LogP contribution in [0.15, 0.2) is 39.0 Å². The SMILES string of the molecule is COc1cc(N=Nc2c(Br)cc([N+](=O)[O-])cc2[N+](=O)[O-])c(NC(C)=O)cc1C. The fourth-order valence-corrected chi connectivity index (χ4v) is 2.80. The van der Waals surface area contributed by atoms with Crippen molar-refractivity contribution in [1.82, 2.24) is 0 Å². The van der Waals surface area contributed by atoms with Gasteiger partial charge in [0.15, 0.2) is 5.69 Å². The molecule has 0 aromatic heterocycles. The number of carbonyl (C=O) groups is 1. The van der Waals surface area contributed by atoms with Gasteiger partial charge in [0.05, 0.1) is 33.2 Å². The van der Waals surface area contributed by atoms with Crippen LogP contribution in [0.2, 0.25) is 0 Å². The molecule has 0 saturated heterocycles. The van der Waals surface area contributed by atoms with Gasteiger partial charge in [-0.05, 0) is 34.5 Å². The molecule has 146 valence electrons. The average Bonchev–Trinajstić information content (AvgIpc) is 2.60. The van der Waals surface area contributed by atoms with E-state index in [2.05, 4.69) is 31.5 Å². The molecule has 1 amide bonds. The van der Waals surface area contributed by atoms with Crippen LogP contribution < -0.4 is 10.1 Å². The number of nitrogens with one attached hydrogen (secondary N) is 1. The molecule has 12 heteroatoms. The maximum absolute atomic E-state index is 11.4. The van der Waals surface area contributed by atoms with Gasteiger partial charge in [0.25, 0.3) is 5.69 Å². The number of halogens is 1. The van der Waals surface area contributed by atoms with E-state index in [1.165, 1.54) is 20.1 Å². The number of hydrogen-bond donors (Lipinski definition) is 1. The van der Waals surface area contributed by atoms with E-state index in [4.69, 9.17) is 4.74 Å². The topological polar surface area (TPSA) is 149 Å². The third-order valence-electron chi connectivity index (χ3n) is 3.52. The maximum Gasteiger partial charge on any atom is 0.304 e. The van der Waals surface area contributed by atoms with E-state index in [9.17, 15) is 25.0 Å². The van der Waals surface area contributed by atoms with Crippen LogP contribution in [0.25, 0.3) is 0 Å². The molecule has 0 aliphatic carbocycles. The zero-order chi connectivity index (χ0) is 21.0. The molecule has 2 aromatic rings. The number of nitro groups is 2. The lowest BCUT2D eigenvalue weighted by atomic mass is 10.1. The maximum atomic E-state index is 11.4. The number of non-ortho nitro benzene ring substituents is 1. The molecule has 0 atom stereocenters. The Labute approximate surface area is 166 Å². The van der Waals surface area contributed by atoms with E-state index in [-0.39, 0.29) is 21.8 Å². The van der Waals surface area contributed by atoms with Crippen molar-refractivity contribution < 1.29 is 19.4 Å². The van der Waals surface area contributed by atoms with Crippen molar-refractivity contribution in [2.24, 2.45) is 10.2 Å². The molecule has 0 unspecified atom stereocenters. The first-order valence-corrected chi connectivity index (χ1v) is 8.43. The Morgan fingerprint density at radius 1 is 1.14 bits per heavy atom. The van der Waals surface area contributed by atoms with Gasteiger partial charge in [0, 0.05) is 19.1 Å². The highest BCUT2D eigenvalue weighted by atomic mass is 79.9.